The lowest BCUT2D eigenvalue weighted by Gasteiger charge is -2.13. The van der Waals surface area contributed by atoms with Crippen LogP contribution in [0.1, 0.15) is 51.1 Å². The molecule has 6 N–H and O–H groups in total. The summed E-state index contributed by atoms with van der Waals surface area (Å²) in [5.41, 5.74) is 8.25. The summed E-state index contributed by atoms with van der Waals surface area (Å²) in [6, 6.07) is 5.36. The Morgan fingerprint density at radius 2 is 1.87 bits per heavy atom. The largest absolute Gasteiger partial charge is 0.481 e. The van der Waals surface area contributed by atoms with Crippen LogP contribution in [-0.4, -0.2) is 50.7 Å². The normalized spacial score (nSPS) is 13.8. The second-order valence-corrected chi connectivity index (χ2v) is 7.23. The SMILES string of the molecule is NC1=Nc2[nH]cc(CCc3ccc(C(=O)N[C@@H](CCC(=O)O)C(=O)O)cc3)c2C(=O)C1. The van der Waals surface area contributed by atoms with Crippen LogP contribution < -0.4 is 11.1 Å². The highest BCUT2D eigenvalue weighted by atomic mass is 16.4. The van der Waals surface area contributed by atoms with Crippen LogP contribution in [-0.2, 0) is 22.4 Å². The lowest BCUT2D eigenvalue weighted by Crippen LogP contribution is -2.41. The van der Waals surface area contributed by atoms with E-state index in [1.165, 1.54) is 0 Å². The van der Waals surface area contributed by atoms with Crippen LogP contribution in [0, 0.1) is 0 Å². The van der Waals surface area contributed by atoms with Crippen molar-refractivity contribution in [2.45, 2.75) is 38.1 Å². The number of aliphatic imine (C=N–C) groups is 1. The van der Waals surface area contributed by atoms with Gasteiger partial charge in [-0.2, -0.15) is 0 Å². The van der Waals surface area contributed by atoms with Gasteiger partial charge < -0.3 is 26.2 Å². The monoisotopic (exact) mass is 426 g/mol. The molecule has 0 spiro atoms. The number of benzene rings is 1. The van der Waals surface area contributed by atoms with Gasteiger partial charge in [0.1, 0.15) is 17.7 Å². The lowest BCUT2D eigenvalue weighted by molar-refractivity contribution is -0.140. The van der Waals surface area contributed by atoms with Crippen molar-refractivity contribution in [3.05, 3.63) is 52.7 Å². The van der Waals surface area contributed by atoms with E-state index in [1.807, 2.05) is 0 Å². The van der Waals surface area contributed by atoms with Crippen LogP contribution in [0.3, 0.4) is 0 Å². The minimum atomic E-state index is -1.29. The first kappa shape index (κ1) is 21.8. The van der Waals surface area contributed by atoms with Crippen molar-refractivity contribution in [1.29, 1.82) is 0 Å². The molecular formula is C21H22N4O6. The topological polar surface area (TPSA) is 175 Å². The van der Waals surface area contributed by atoms with Crippen molar-refractivity contribution in [3.63, 3.8) is 0 Å². The van der Waals surface area contributed by atoms with E-state index in [1.54, 1.807) is 30.5 Å². The van der Waals surface area contributed by atoms with Gasteiger partial charge in [-0.1, -0.05) is 12.1 Å². The average Bonchev–Trinajstić information content (AvgIpc) is 3.12. The number of H-pyrrole nitrogens is 1. The lowest BCUT2D eigenvalue weighted by atomic mass is 9.98. The van der Waals surface area contributed by atoms with Gasteiger partial charge in [0.25, 0.3) is 5.91 Å². The Morgan fingerprint density at radius 1 is 1.16 bits per heavy atom. The molecule has 1 amide bonds. The van der Waals surface area contributed by atoms with Gasteiger partial charge >= 0.3 is 11.9 Å². The van der Waals surface area contributed by atoms with Gasteiger partial charge in [-0.25, -0.2) is 9.79 Å². The molecule has 0 saturated heterocycles. The number of aliphatic carboxylic acids is 2. The van der Waals surface area contributed by atoms with Crippen LogP contribution in [0.4, 0.5) is 5.82 Å². The van der Waals surface area contributed by atoms with Gasteiger partial charge in [-0.15, -0.1) is 0 Å². The van der Waals surface area contributed by atoms with E-state index in [0.717, 1.165) is 11.1 Å². The number of hydrogen-bond donors (Lipinski definition) is 5. The first-order chi connectivity index (χ1) is 14.7. The number of aromatic amines is 1. The third kappa shape index (κ3) is 5.35. The second-order valence-electron chi connectivity index (χ2n) is 7.23. The number of carboxylic acids is 2. The molecule has 0 aliphatic carbocycles. The van der Waals surface area contributed by atoms with Crippen LogP contribution in [0.2, 0.25) is 0 Å². The quantitative estimate of drug-likeness (QED) is 0.403. The molecule has 1 aromatic heterocycles. The number of amides is 1. The molecule has 3 rings (SSSR count). The molecule has 10 nitrogen and oxygen atoms in total. The fourth-order valence-electron chi connectivity index (χ4n) is 3.35. The number of fused-ring (bicyclic) bond motifs is 1. The maximum absolute atomic E-state index is 12.3. The van der Waals surface area contributed by atoms with Crippen molar-refractivity contribution in [1.82, 2.24) is 10.3 Å². The molecule has 162 valence electrons. The number of carbonyl (C=O) groups is 4. The number of nitrogens with two attached hydrogens (primary N) is 1. The summed E-state index contributed by atoms with van der Waals surface area (Å²) < 4.78 is 0. The Labute approximate surface area is 177 Å². The predicted octanol–water partition coefficient (Wildman–Crippen LogP) is 1.42. The molecule has 0 bridgehead atoms. The highest BCUT2D eigenvalue weighted by Gasteiger charge is 2.24. The standard InChI is InChI=1S/C21H22N4O6/c22-16-9-15(26)18-13(10-23-19(18)25-16)6-3-11-1-4-12(5-2-11)20(29)24-14(21(30)31)7-8-17(27)28/h1-2,4-5,10,14,23H,3,6-9H2,(H2,22,25)(H,24,29)(H,27,28)(H,30,31)/t14-/m0/s1. The van der Waals surface area contributed by atoms with Gasteiger partial charge in [0, 0.05) is 18.2 Å². The smallest absolute Gasteiger partial charge is 0.326 e. The van der Waals surface area contributed by atoms with Crippen molar-refractivity contribution in [2.24, 2.45) is 10.7 Å². The number of amidine groups is 1. The van der Waals surface area contributed by atoms with Crippen molar-refractivity contribution in [3.8, 4) is 0 Å². The van der Waals surface area contributed by atoms with E-state index in [-0.39, 0.29) is 36.4 Å². The zero-order valence-corrected chi connectivity index (χ0v) is 16.6. The molecule has 2 heterocycles. The molecule has 2 aromatic rings. The molecular weight excluding hydrogens is 404 g/mol. The van der Waals surface area contributed by atoms with Crippen molar-refractivity contribution < 1.29 is 29.4 Å². The van der Waals surface area contributed by atoms with Gasteiger partial charge in [0.15, 0.2) is 5.78 Å². The summed E-state index contributed by atoms with van der Waals surface area (Å²) in [6.07, 6.45) is 2.49. The number of hydrogen-bond acceptors (Lipinski definition) is 6. The Balaban J connectivity index is 1.61. The van der Waals surface area contributed by atoms with Gasteiger partial charge in [0.2, 0.25) is 0 Å². The maximum Gasteiger partial charge on any atom is 0.326 e. The van der Waals surface area contributed by atoms with E-state index in [4.69, 9.17) is 15.9 Å². The number of ketones is 1. The zero-order chi connectivity index (χ0) is 22.5. The van der Waals surface area contributed by atoms with Crippen molar-refractivity contribution >= 4 is 35.3 Å². The molecule has 1 aromatic carbocycles. The number of nitrogens with zero attached hydrogens (tertiary/aromatic N) is 1. The number of Topliss-reactive ketones (excluding diaryl/α,β-unsaturated/α-hetero) is 1. The number of carbonyl (C=O) groups excluding carboxylic acids is 2. The summed E-state index contributed by atoms with van der Waals surface area (Å²) >= 11 is 0. The highest BCUT2D eigenvalue weighted by molar-refractivity contribution is 6.15. The van der Waals surface area contributed by atoms with Gasteiger partial charge in [-0.05, 0) is 42.5 Å². The summed E-state index contributed by atoms with van der Waals surface area (Å²) in [5, 5.41) is 20.2. The summed E-state index contributed by atoms with van der Waals surface area (Å²) in [7, 11) is 0. The van der Waals surface area contributed by atoms with Gasteiger partial charge in [-0.3, -0.25) is 14.4 Å². The van der Waals surface area contributed by atoms with E-state index >= 15 is 0 Å². The highest BCUT2D eigenvalue weighted by Crippen LogP contribution is 2.28. The first-order valence-electron chi connectivity index (χ1n) is 9.65. The molecule has 0 fully saturated rings. The second kappa shape index (κ2) is 9.24. The van der Waals surface area contributed by atoms with Crippen molar-refractivity contribution in [2.75, 3.05) is 0 Å². The summed E-state index contributed by atoms with van der Waals surface area (Å²) in [4.78, 5) is 53.5. The number of rotatable bonds is 9. The zero-order valence-electron chi connectivity index (χ0n) is 16.6. The Bertz CT molecular complexity index is 1050. The van der Waals surface area contributed by atoms with E-state index < -0.39 is 23.9 Å². The molecule has 1 aliphatic heterocycles. The van der Waals surface area contributed by atoms with E-state index in [0.29, 0.717) is 24.2 Å². The summed E-state index contributed by atoms with van der Waals surface area (Å²) in [6.45, 7) is 0. The number of aryl methyl sites for hydroxylation is 2. The molecule has 1 atom stereocenters. The number of carboxylic acid groups (broad SMARTS) is 2. The average molecular weight is 426 g/mol. The van der Waals surface area contributed by atoms with Gasteiger partial charge in [0.05, 0.1) is 12.0 Å². The fourth-order valence-corrected chi connectivity index (χ4v) is 3.35. The van der Waals surface area contributed by atoms with E-state index in [2.05, 4.69) is 15.3 Å². The Kier molecular flexibility index (Phi) is 6.49. The Morgan fingerprint density at radius 3 is 2.52 bits per heavy atom. The van der Waals surface area contributed by atoms with Crippen LogP contribution >= 0.6 is 0 Å². The number of nitrogens with one attached hydrogen (secondary N) is 2. The molecule has 10 heteroatoms. The third-order valence-corrected chi connectivity index (χ3v) is 4.97. The molecule has 0 radical (unpaired) electrons. The fraction of sp³-hybridized carbons (Fsp3) is 0.286. The van der Waals surface area contributed by atoms with E-state index in [9.17, 15) is 19.2 Å². The predicted molar refractivity (Wildman–Crippen MR) is 111 cm³/mol. The third-order valence-electron chi connectivity index (χ3n) is 4.97. The maximum atomic E-state index is 12.3. The molecule has 31 heavy (non-hydrogen) atoms. The Hall–Kier alpha value is -3.95. The molecule has 1 aliphatic rings. The molecule has 0 unspecified atom stereocenters. The minimum absolute atomic E-state index is 0.0679. The summed E-state index contributed by atoms with van der Waals surface area (Å²) in [5.74, 6) is -2.32. The first-order valence-corrected chi connectivity index (χ1v) is 9.65. The molecule has 0 saturated carbocycles. The number of aromatic nitrogens is 1. The van der Waals surface area contributed by atoms with Crippen LogP contribution in [0.15, 0.2) is 35.5 Å². The van der Waals surface area contributed by atoms with Crippen LogP contribution in [0.25, 0.3) is 0 Å². The minimum Gasteiger partial charge on any atom is -0.481 e. The van der Waals surface area contributed by atoms with Crippen LogP contribution in [0.5, 0.6) is 0 Å².